The zero-order chi connectivity index (χ0) is 61.8. The van der Waals surface area contributed by atoms with Crippen LogP contribution in [0.3, 0.4) is 0 Å². The fourth-order valence-corrected chi connectivity index (χ4v) is 14.5. The fourth-order valence-electron chi connectivity index (χ4n) is 14.5. The quantitative estimate of drug-likeness (QED) is 0.155. The smallest absolute Gasteiger partial charge is 0.0971 e. The minimum atomic E-state index is -0.135. The van der Waals surface area contributed by atoms with Crippen molar-refractivity contribution in [3.05, 3.63) is 251 Å². The number of aromatic nitrogens is 2. The molecule has 0 spiro atoms. The van der Waals surface area contributed by atoms with Gasteiger partial charge in [0.15, 0.2) is 0 Å². The van der Waals surface area contributed by atoms with Crippen LogP contribution in [0.15, 0.2) is 207 Å². The first-order valence-corrected chi connectivity index (χ1v) is 31.8. The second kappa shape index (κ2) is 19.9. The largest absolute Gasteiger partial charge is 0.252 e. The van der Waals surface area contributed by atoms with Gasteiger partial charge >= 0.3 is 0 Å². The zero-order valence-corrected chi connectivity index (χ0v) is 54.5. The Hall–Kier alpha value is -8.72. The highest BCUT2D eigenvalue weighted by Gasteiger charge is 2.41. The molecule has 2 nitrogen and oxygen atoms in total. The molecule has 1 aromatic heterocycles. The van der Waals surface area contributed by atoms with Crippen molar-refractivity contribution in [1.29, 1.82) is 0 Å². The summed E-state index contributed by atoms with van der Waals surface area (Å²) in [6.07, 6.45) is 3.64. The predicted molar refractivity (Wildman–Crippen MR) is 377 cm³/mol. The second-order valence-corrected chi connectivity index (χ2v) is 30.8. The Bertz CT molecular complexity index is 4570. The molecule has 12 aromatic rings. The highest BCUT2D eigenvalue weighted by Crippen LogP contribution is 2.57. The molecule has 436 valence electrons. The number of hydrogen-bond acceptors (Lipinski definition) is 2. The molecule has 0 bridgehead atoms. The fraction of sp³-hybridized carbons (Fsp3) is 0.256. The first kappa shape index (κ1) is 57.0. The number of hydrogen-bond donors (Lipinski definition) is 0. The van der Waals surface area contributed by atoms with Crippen molar-refractivity contribution < 1.29 is 0 Å². The van der Waals surface area contributed by atoms with Gasteiger partial charge in [-0.1, -0.05) is 256 Å². The van der Waals surface area contributed by atoms with Crippen molar-refractivity contribution >= 4 is 32.6 Å². The van der Waals surface area contributed by atoms with Crippen LogP contribution in [0.1, 0.15) is 155 Å². The van der Waals surface area contributed by atoms with E-state index in [1.165, 1.54) is 122 Å². The Morgan fingerprint density at radius 1 is 0.250 bits per heavy atom. The van der Waals surface area contributed by atoms with E-state index >= 15 is 0 Å². The van der Waals surface area contributed by atoms with Crippen LogP contribution in [0.4, 0.5) is 0 Å². The maximum atomic E-state index is 4.98. The maximum absolute atomic E-state index is 4.98. The van der Waals surface area contributed by atoms with E-state index in [2.05, 4.69) is 305 Å². The van der Waals surface area contributed by atoms with Crippen LogP contribution in [0.5, 0.6) is 0 Å². The SMILES string of the molecule is CC(C)(C)c1ccc2c(c1)C(C)(C)c1cc(C(C)(C)C)cc(-c3cccc(-c4cccc(-c5ccc6c(c5)c5cc(-c7cccc(-c8cccc(-c9cc(C(C)(C)C)cc%10c9-c9ccc(C(C)(C)C)cc9C%10(C)C)c8)c7)ccc5c5nccnc65)c4)c3)c1-2. The molecule has 1 heterocycles. The lowest BCUT2D eigenvalue weighted by Crippen LogP contribution is -2.19. The molecule has 11 aromatic carbocycles. The molecule has 0 saturated carbocycles. The Morgan fingerprint density at radius 3 is 0.875 bits per heavy atom. The second-order valence-electron chi connectivity index (χ2n) is 30.8. The van der Waals surface area contributed by atoms with Gasteiger partial charge in [0.2, 0.25) is 0 Å². The molecular formula is C86H82N2. The van der Waals surface area contributed by atoms with Crippen LogP contribution >= 0.6 is 0 Å². The summed E-state index contributed by atoms with van der Waals surface area (Å²) in [4.78, 5) is 9.96. The zero-order valence-electron chi connectivity index (χ0n) is 54.5. The third-order valence-electron chi connectivity index (χ3n) is 20.0. The molecule has 0 fully saturated rings. The van der Waals surface area contributed by atoms with Crippen molar-refractivity contribution in [1.82, 2.24) is 9.97 Å². The minimum absolute atomic E-state index is 0.0210. The molecule has 0 saturated heterocycles. The summed E-state index contributed by atoms with van der Waals surface area (Å²) in [6.45, 7) is 37.7. The normalized spacial score (nSPS) is 14.3. The summed E-state index contributed by atoms with van der Waals surface area (Å²) in [5, 5.41) is 4.51. The van der Waals surface area contributed by atoms with Gasteiger partial charge < -0.3 is 0 Å². The Labute approximate surface area is 522 Å². The van der Waals surface area contributed by atoms with Gasteiger partial charge in [0.25, 0.3) is 0 Å². The molecule has 2 aliphatic carbocycles. The summed E-state index contributed by atoms with van der Waals surface area (Å²) >= 11 is 0. The lowest BCUT2D eigenvalue weighted by Gasteiger charge is -2.27. The van der Waals surface area contributed by atoms with Crippen molar-refractivity contribution in [2.75, 3.05) is 0 Å². The lowest BCUT2D eigenvalue weighted by molar-refractivity contribution is 0.579. The van der Waals surface area contributed by atoms with Crippen LogP contribution in [0.25, 0.3) is 122 Å². The number of rotatable bonds is 6. The van der Waals surface area contributed by atoms with Gasteiger partial charge in [-0.25, -0.2) is 0 Å². The van der Waals surface area contributed by atoms with Gasteiger partial charge in [-0.3, -0.25) is 9.97 Å². The van der Waals surface area contributed by atoms with E-state index in [0.29, 0.717) is 0 Å². The molecule has 0 atom stereocenters. The van der Waals surface area contributed by atoms with E-state index in [0.717, 1.165) is 43.7 Å². The Balaban J connectivity index is 0.841. The average molecular weight is 1140 g/mol. The molecular weight excluding hydrogens is 1060 g/mol. The first-order valence-electron chi connectivity index (χ1n) is 31.8. The summed E-state index contributed by atoms with van der Waals surface area (Å²) in [5.74, 6) is 0. The summed E-state index contributed by atoms with van der Waals surface area (Å²) in [7, 11) is 0. The van der Waals surface area contributed by atoms with E-state index in [1.54, 1.807) is 0 Å². The van der Waals surface area contributed by atoms with Gasteiger partial charge in [-0.15, -0.1) is 0 Å². The molecule has 2 heteroatoms. The van der Waals surface area contributed by atoms with Crippen LogP contribution in [0.2, 0.25) is 0 Å². The molecule has 88 heavy (non-hydrogen) atoms. The molecule has 0 aliphatic heterocycles. The molecule has 2 aliphatic rings. The molecule has 0 amide bonds. The minimum Gasteiger partial charge on any atom is -0.252 e. The third kappa shape index (κ3) is 9.44. The average Bonchev–Trinajstić information content (AvgIpc) is 1.52. The Morgan fingerprint density at radius 2 is 0.545 bits per heavy atom. The summed E-state index contributed by atoms with van der Waals surface area (Å²) < 4.78 is 0. The summed E-state index contributed by atoms with van der Waals surface area (Å²) in [5.41, 5.74) is 32.8. The van der Waals surface area contributed by atoms with Crippen LogP contribution in [0, 0.1) is 0 Å². The van der Waals surface area contributed by atoms with E-state index < -0.39 is 0 Å². The highest BCUT2D eigenvalue weighted by atomic mass is 14.8. The van der Waals surface area contributed by atoms with Crippen molar-refractivity contribution in [3.8, 4) is 89.0 Å². The lowest BCUT2D eigenvalue weighted by atomic mass is 9.76. The van der Waals surface area contributed by atoms with E-state index in [9.17, 15) is 0 Å². The number of nitrogens with zero attached hydrogens (tertiary/aromatic N) is 2. The van der Waals surface area contributed by atoms with Gasteiger partial charge in [0.05, 0.1) is 11.0 Å². The van der Waals surface area contributed by atoms with Crippen LogP contribution in [-0.4, -0.2) is 9.97 Å². The predicted octanol–water partition coefficient (Wildman–Crippen LogP) is 23.7. The summed E-state index contributed by atoms with van der Waals surface area (Å²) in [6, 6.07) is 75.0. The molecule has 0 N–H and O–H groups in total. The van der Waals surface area contributed by atoms with Crippen molar-refractivity contribution in [2.24, 2.45) is 0 Å². The van der Waals surface area contributed by atoms with E-state index in [1.807, 2.05) is 12.4 Å². The molecule has 0 radical (unpaired) electrons. The van der Waals surface area contributed by atoms with Gasteiger partial charge in [0, 0.05) is 34.0 Å². The molecule has 14 rings (SSSR count). The van der Waals surface area contributed by atoms with E-state index in [4.69, 9.17) is 9.97 Å². The number of fused-ring (bicyclic) bond motifs is 12. The van der Waals surface area contributed by atoms with Crippen molar-refractivity contribution in [3.63, 3.8) is 0 Å². The van der Waals surface area contributed by atoms with Crippen LogP contribution in [-0.2, 0) is 32.5 Å². The highest BCUT2D eigenvalue weighted by molar-refractivity contribution is 6.24. The topological polar surface area (TPSA) is 25.8 Å². The Kier molecular flexibility index (Phi) is 12.9. The maximum Gasteiger partial charge on any atom is 0.0971 e. The first-order chi connectivity index (χ1) is 41.6. The monoisotopic (exact) mass is 1140 g/mol. The van der Waals surface area contributed by atoms with Gasteiger partial charge in [0.1, 0.15) is 0 Å². The number of benzene rings is 11. The third-order valence-corrected chi connectivity index (χ3v) is 20.0. The van der Waals surface area contributed by atoms with E-state index in [-0.39, 0.29) is 32.5 Å². The molecule has 0 unspecified atom stereocenters. The van der Waals surface area contributed by atoms with Gasteiger partial charge in [-0.2, -0.15) is 0 Å². The van der Waals surface area contributed by atoms with Gasteiger partial charge in [-0.05, 0) is 214 Å². The standard InChI is InChI=1S/C86H82N2/c1-81(2,3)61-31-35-67-73(47-61)85(13,14)75-49-63(83(7,8)9)45-69(77(67)75)59-27-19-25-55(41-59)51-21-17-23-53(39-51)57-29-33-65-71(43-57)72-44-58(30-34-66(72)80-79(65)87-37-38-88-80)54-24-18-22-52(40-54)56-26-20-28-60(42-56)70-46-64(84(10,11)12)50-76-78(70)68-36-32-62(82(4,5)6)48-74(68)86(76,15)16/h17-50H,1-16H3. The van der Waals surface area contributed by atoms with Crippen LogP contribution < -0.4 is 0 Å². The van der Waals surface area contributed by atoms with Crippen molar-refractivity contribution in [2.45, 2.75) is 143 Å².